The first-order valence-corrected chi connectivity index (χ1v) is 7.73. The number of hydrogen-bond acceptors (Lipinski definition) is 5. The second kappa shape index (κ2) is 8.69. The SMILES string of the molecule is CC(C)CC(CN)NC(=O)C(C)Oc1ccc(Cl)cc1[N+](=O)[O-]. The summed E-state index contributed by atoms with van der Waals surface area (Å²) in [6.45, 7) is 5.91. The van der Waals surface area contributed by atoms with Crippen LogP contribution in [0.5, 0.6) is 5.75 Å². The molecule has 0 aliphatic carbocycles. The third-order valence-corrected chi connectivity index (χ3v) is 3.41. The van der Waals surface area contributed by atoms with Crippen LogP contribution in [0.15, 0.2) is 18.2 Å². The number of ether oxygens (including phenoxy) is 1. The first-order chi connectivity index (χ1) is 10.7. The van der Waals surface area contributed by atoms with E-state index in [2.05, 4.69) is 5.32 Å². The van der Waals surface area contributed by atoms with Gasteiger partial charge in [0.15, 0.2) is 11.9 Å². The second-order valence-corrected chi connectivity index (χ2v) is 6.14. The monoisotopic (exact) mass is 343 g/mol. The van der Waals surface area contributed by atoms with Gasteiger partial charge in [0.05, 0.1) is 4.92 Å². The largest absolute Gasteiger partial charge is 0.474 e. The van der Waals surface area contributed by atoms with Crippen LogP contribution in [0.25, 0.3) is 0 Å². The first-order valence-electron chi connectivity index (χ1n) is 7.35. The molecule has 0 fully saturated rings. The summed E-state index contributed by atoms with van der Waals surface area (Å²) in [6.07, 6.45) is -0.146. The minimum atomic E-state index is -0.893. The van der Waals surface area contributed by atoms with Crippen molar-refractivity contribution in [2.24, 2.45) is 11.7 Å². The zero-order valence-electron chi connectivity index (χ0n) is 13.4. The Labute approximate surface area is 140 Å². The Morgan fingerprint density at radius 3 is 2.61 bits per heavy atom. The van der Waals surface area contributed by atoms with Gasteiger partial charge in [0, 0.05) is 23.7 Å². The molecule has 1 aromatic carbocycles. The molecule has 2 unspecified atom stereocenters. The molecule has 3 N–H and O–H groups in total. The number of carbonyl (C=O) groups is 1. The summed E-state index contributed by atoms with van der Waals surface area (Å²) in [4.78, 5) is 22.6. The predicted octanol–water partition coefficient (Wildman–Crippen LogP) is 2.51. The van der Waals surface area contributed by atoms with Crippen LogP contribution in [-0.2, 0) is 4.79 Å². The molecule has 1 rings (SSSR count). The van der Waals surface area contributed by atoms with E-state index in [0.29, 0.717) is 12.5 Å². The molecule has 23 heavy (non-hydrogen) atoms. The van der Waals surface area contributed by atoms with Crippen molar-refractivity contribution in [3.63, 3.8) is 0 Å². The van der Waals surface area contributed by atoms with Gasteiger partial charge in [-0.05, 0) is 31.4 Å². The molecule has 0 heterocycles. The van der Waals surface area contributed by atoms with E-state index in [1.165, 1.54) is 25.1 Å². The topological polar surface area (TPSA) is 107 Å². The Bertz CT molecular complexity index is 566. The lowest BCUT2D eigenvalue weighted by Crippen LogP contribution is -2.46. The zero-order valence-corrected chi connectivity index (χ0v) is 14.2. The number of rotatable bonds is 8. The molecule has 128 valence electrons. The highest BCUT2D eigenvalue weighted by Crippen LogP contribution is 2.30. The number of benzene rings is 1. The van der Waals surface area contributed by atoms with Gasteiger partial charge in [-0.1, -0.05) is 25.4 Å². The van der Waals surface area contributed by atoms with Crippen LogP contribution >= 0.6 is 11.6 Å². The standard InChI is InChI=1S/C15H22ClN3O4/c1-9(2)6-12(8-17)18-15(20)10(3)23-14-5-4-11(16)7-13(14)19(21)22/h4-5,7,9-10,12H,6,8,17H2,1-3H3,(H,18,20). The van der Waals surface area contributed by atoms with Crippen LogP contribution in [0.4, 0.5) is 5.69 Å². The number of amides is 1. The number of nitrogens with zero attached hydrogens (tertiary/aromatic N) is 1. The summed E-state index contributed by atoms with van der Waals surface area (Å²) >= 11 is 5.74. The molecule has 0 saturated carbocycles. The molecule has 0 spiro atoms. The fourth-order valence-electron chi connectivity index (χ4n) is 2.08. The Morgan fingerprint density at radius 2 is 2.09 bits per heavy atom. The molecule has 7 nitrogen and oxygen atoms in total. The van der Waals surface area contributed by atoms with Crippen LogP contribution in [0.1, 0.15) is 27.2 Å². The van der Waals surface area contributed by atoms with Crippen molar-refractivity contribution in [2.45, 2.75) is 39.3 Å². The molecule has 0 radical (unpaired) electrons. The van der Waals surface area contributed by atoms with Crippen LogP contribution in [0, 0.1) is 16.0 Å². The molecule has 0 aliphatic heterocycles. The Morgan fingerprint density at radius 1 is 1.43 bits per heavy atom. The van der Waals surface area contributed by atoms with E-state index in [-0.39, 0.29) is 28.4 Å². The van der Waals surface area contributed by atoms with Gasteiger partial charge in [0.1, 0.15) is 0 Å². The van der Waals surface area contributed by atoms with Crippen molar-refractivity contribution < 1.29 is 14.5 Å². The minimum absolute atomic E-state index is 0.00444. The quantitative estimate of drug-likeness (QED) is 0.557. The van der Waals surface area contributed by atoms with Crippen molar-refractivity contribution in [3.8, 4) is 5.75 Å². The van der Waals surface area contributed by atoms with Gasteiger partial charge in [-0.3, -0.25) is 14.9 Å². The van der Waals surface area contributed by atoms with Gasteiger partial charge < -0.3 is 15.8 Å². The van der Waals surface area contributed by atoms with E-state index in [9.17, 15) is 14.9 Å². The van der Waals surface area contributed by atoms with Crippen molar-refractivity contribution in [1.29, 1.82) is 0 Å². The lowest BCUT2D eigenvalue weighted by molar-refractivity contribution is -0.386. The first kappa shape index (κ1) is 19.2. The third kappa shape index (κ3) is 6.03. The highest BCUT2D eigenvalue weighted by atomic mass is 35.5. The maximum atomic E-state index is 12.2. The van der Waals surface area contributed by atoms with E-state index in [4.69, 9.17) is 22.1 Å². The van der Waals surface area contributed by atoms with Gasteiger partial charge >= 0.3 is 5.69 Å². The predicted molar refractivity (Wildman–Crippen MR) is 88.6 cm³/mol. The van der Waals surface area contributed by atoms with Crippen LogP contribution < -0.4 is 15.8 Å². The molecule has 1 aromatic rings. The van der Waals surface area contributed by atoms with Gasteiger partial charge in [-0.25, -0.2) is 0 Å². The summed E-state index contributed by atoms with van der Waals surface area (Å²) in [6, 6.07) is 3.87. The number of nitro benzene ring substituents is 1. The van der Waals surface area contributed by atoms with E-state index >= 15 is 0 Å². The second-order valence-electron chi connectivity index (χ2n) is 5.70. The van der Waals surface area contributed by atoms with Crippen LogP contribution in [0.3, 0.4) is 0 Å². The van der Waals surface area contributed by atoms with Gasteiger partial charge in [-0.15, -0.1) is 0 Å². The number of hydrogen-bond donors (Lipinski definition) is 2. The molecule has 0 bridgehead atoms. The molecule has 2 atom stereocenters. The number of nitrogens with two attached hydrogens (primary N) is 1. The number of carbonyl (C=O) groups excluding carboxylic acids is 1. The fraction of sp³-hybridized carbons (Fsp3) is 0.533. The minimum Gasteiger partial charge on any atom is -0.474 e. The molecule has 0 aliphatic rings. The lowest BCUT2D eigenvalue weighted by atomic mass is 10.0. The van der Waals surface area contributed by atoms with Crippen molar-refractivity contribution in [3.05, 3.63) is 33.3 Å². The van der Waals surface area contributed by atoms with Crippen molar-refractivity contribution >= 4 is 23.2 Å². The average Bonchev–Trinajstić information content (AvgIpc) is 2.47. The fourth-order valence-corrected chi connectivity index (χ4v) is 2.24. The summed E-state index contributed by atoms with van der Waals surface area (Å²) in [5.41, 5.74) is 5.36. The molecule has 0 aromatic heterocycles. The zero-order chi connectivity index (χ0) is 17.6. The third-order valence-electron chi connectivity index (χ3n) is 3.18. The van der Waals surface area contributed by atoms with Crippen molar-refractivity contribution in [1.82, 2.24) is 5.32 Å². The summed E-state index contributed by atoms with van der Waals surface area (Å²) < 4.78 is 5.42. The maximum absolute atomic E-state index is 12.2. The Balaban J connectivity index is 2.77. The number of nitro groups is 1. The molecule has 1 amide bonds. The number of halogens is 1. The summed E-state index contributed by atoms with van der Waals surface area (Å²) in [5, 5.41) is 14.0. The van der Waals surface area contributed by atoms with Crippen LogP contribution in [0.2, 0.25) is 5.02 Å². The Kier molecular flexibility index (Phi) is 7.25. The van der Waals surface area contributed by atoms with Crippen LogP contribution in [-0.4, -0.2) is 29.5 Å². The molecular weight excluding hydrogens is 322 g/mol. The lowest BCUT2D eigenvalue weighted by Gasteiger charge is -2.21. The van der Waals surface area contributed by atoms with Gasteiger partial charge in [0.2, 0.25) is 0 Å². The maximum Gasteiger partial charge on any atom is 0.312 e. The van der Waals surface area contributed by atoms with Crippen molar-refractivity contribution in [2.75, 3.05) is 6.54 Å². The summed E-state index contributed by atoms with van der Waals surface area (Å²) in [7, 11) is 0. The summed E-state index contributed by atoms with van der Waals surface area (Å²) in [5.74, 6) is 0.0120. The Hall–Kier alpha value is -1.86. The van der Waals surface area contributed by atoms with E-state index < -0.39 is 11.0 Å². The van der Waals surface area contributed by atoms with Gasteiger partial charge in [0.25, 0.3) is 5.91 Å². The highest BCUT2D eigenvalue weighted by Gasteiger charge is 2.23. The van der Waals surface area contributed by atoms with E-state index in [1.54, 1.807) is 0 Å². The molecule has 8 heteroatoms. The highest BCUT2D eigenvalue weighted by molar-refractivity contribution is 6.30. The van der Waals surface area contributed by atoms with E-state index in [1.807, 2.05) is 13.8 Å². The smallest absolute Gasteiger partial charge is 0.312 e. The van der Waals surface area contributed by atoms with E-state index in [0.717, 1.165) is 6.42 Å². The normalized spacial score (nSPS) is 13.5. The number of nitrogens with one attached hydrogen (secondary N) is 1. The average molecular weight is 344 g/mol. The molecule has 0 saturated heterocycles. The molecular formula is C15H22ClN3O4. The van der Waals surface area contributed by atoms with Gasteiger partial charge in [-0.2, -0.15) is 0 Å².